The van der Waals surface area contributed by atoms with Crippen LogP contribution in [0.3, 0.4) is 0 Å². The van der Waals surface area contributed by atoms with Crippen molar-refractivity contribution in [3.8, 4) is 0 Å². The van der Waals surface area contributed by atoms with Gasteiger partial charge in [-0.25, -0.2) is 9.97 Å². The summed E-state index contributed by atoms with van der Waals surface area (Å²) < 4.78 is 10.5. The highest BCUT2D eigenvalue weighted by Gasteiger charge is 2.14. The maximum atomic E-state index is 5.37. The van der Waals surface area contributed by atoms with Crippen LogP contribution in [0, 0.1) is 0 Å². The maximum absolute atomic E-state index is 5.37. The van der Waals surface area contributed by atoms with E-state index in [1.54, 1.807) is 7.11 Å². The van der Waals surface area contributed by atoms with Crippen molar-refractivity contribution in [2.45, 2.75) is 19.6 Å². The Labute approximate surface area is 126 Å². The molecule has 0 aliphatic carbocycles. The molecule has 2 N–H and O–H groups in total. The molecule has 7 heteroatoms. The van der Waals surface area contributed by atoms with E-state index in [0.29, 0.717) is 18.5 Å². The van der Waals surface area contributed by atoms with Crippen molar-refractivity contribution < 1.29 is 9.47 Å². The molecule has 1 aliphatic heterocycles. The van der Waals surface area contributed by atoms with Gasteiger partial charge in [-0.05, 0) is 6.92 Å². The van der Waals surface area contributed by atoms with Gasteiger partial charge in [-0.2, -0.15) is 0 Å². The van der Waals surface area contributed by atoms with Crippen LogP contribution >= 0.6 is 0 Å². The van der Waals surface area contributed by atoms with Gasteiger partial charge >= 0.3 is 0 Å². The van der Waals surface area contributed by atoms with E-state index in [2.05, 4.69) is 32.4 Å². The monoisotopic (exact) mass is 295 g/mol. The Balaban J connectivity index is 1.95. The third-order valence-corrected chi connectivity index (χ3v) is 3.33. The number of hydrogen-bond donors (Lipinski definition) is 2. The third-order valence-electron chi connectivity index (χ3n) is 3.33. The predicted octanol–water partition coefficient (Wildman–Crippen LogP) is 0.797. The van der Waals surface area contributed by atoms with E-state index in [1.807, 2.05) is 13.1 Å². The van der Waals surface area contributed by atoms with Crippen molar-refractivity contribution in [1.82, 2.24) is 14.9 Å². The van der Waals surface area contributed by atoms with Crippen LogP contribution in [0.4, 0.5) is 11.6 Å². The first kappa shape index (κ1) is 15.9. The Morgan fingerprint density at radius 1 is 1.33 bits per heavy atom. The molecule has 21 heavy (non-hydrogen) atoms. The van der Waals surface area contributed by atoms with Crippen molar-refractivity contribution in [3.63, 3.8) is 0 Å². The summed E-state index contributed by atoms with van der Waals surface area (Å²) in [6.07, 6.45) is 0. The molecular weight excluding hydrogens is 270 g/mol. The zero-order valence-corrected chi connectivity index (χ0v) is 13.1. The number of ether oxygens (including phenoxy) is 2. The second-order valence-corrected chi connectivity index (χ2v) is 5.20. The average Bonchev–Trinajstić information content (AvgIpc) is 2.48. The molecule has 2 heterocycles. The molecule has 1 fully saturated rings. The molecule has 1 unspecified atom stereocenters. The third kappa shape index (κ3) is 5.11. The summed E-state index contributed by atoms with van der Waals surface area (Å²) in [4.78, 5) is 11.2. The fourth-order valence-electron chi connectivity index (χ4n) is 2.36. The lowest BCUT2D eigenvalue weighted by atomic mass is 10.3. The molecule has 0 aromatic carbocycles. The summed E-state index contributed by atoms with van der Waals surface area (Å²) in [5.41, 5.74) is 0. The molecule has 0 saturated carbocycles. The average molecular weight is 295 g/mol. The van der Waals surface area contributed by atoms with Crippen molar-refractivity contribution in [1.29, 1.82) is 0 Å². The summed E-state index contributed by atoms with van der Waals surface area (Å²) in [7, 11) is 3.49. The SMILES string of the molecule is CNc1cc(NC(C)CN2CCOCC2)nc(COC)n1. The first-order valence-corrected chi connectivity index (χ1v) is 7.32. The summed E-state index contributed by atoms with van der Waals surface area (Å²) in [5.74, 6) is 2.28. The van der Waals surface area contributed by atoms with E-state index >= 15 is 0 Å². The van der Waals surface area contributed by atoms with E-state index in [0.717, 1.165) is 44.5 Å². The molecule has 0 radical (unpaired) electrons. The van der Waals surface area contributed by atoms with Crippen molar-refractivity contribution >= 4 is 11.6 Å². The molecule has 118 valence electrons. The highest BCUT2D eigenvalue weighted by molar-refractivity contribution is 5.47. The lowest BCUT2D eigenvalue weighted by molar-refractivity contribution is 0.0368. The topological polar surface area (TPSA) is 71.5 Å². The Bertz CT molecular complexity index is 437. The van der Waals surface area contributed by atoms with E-state index in [-0.39, 0.29) is 0 Å². The highest BCUT2D eigenvalue weighted by atomic mass is 16.5. The molecule has 7 nitrogen and oxygen atoms in total. The van der Waals surface area contributed by atoms with E-state index < -0.39 is 0 Å². The summed E-state index contributed by atoms with van der Waals surface area (Å²) >= 11 is 0. The summed E-state index contributed by atoms with van der Waals surface area (Å²) in [5, 5.41) is 6.48. The lowest BCUT2D eigenvalue weighted by Crippen LogP contribution is -2.42. The number of nitrogens with one attached hydrogen (secondary N) is 2. The summed E-state index contributed by atoms with van der Waals surface area (Å²) in [6, 6.07) is 2.22. The molecule has 1 atom stereocenters. The first-order chi connectivity index (χ1) is 10.2. The minimum atomic E-state index is 0.304. The second-order valence-electron chi connectivity index (χ2n) is 5.20. The first-order valence-electron chi connectivity index (χ1n) is 7.32. The Morgan fingerprint density at radius 2 is 2.05 bits per heavy atom. The molecule has 0 bridgehead atoms. The van der Waals surface area contributed by atoms with Gasteiger partial charge in [0.1, 0.15) is 18.2 Å². The quantitative estimate of drug-likeness (QED) is 0.771. The van der Waals surface area contributed by atoms with Crippen LogP contribution in [0.1, 0.15) is 12.7 Å². The zero-order valence-electron chi connectivity index (χ0n) is 13.1. The lowest BCUT2D eigenvalue weighted by Gasteiger charge is -2.29. The standard InChI is InChI=1S/C14H25N5O2/c1-11(9-19-4-6-21-7-5-19)16-13-8-12(15-2)17-14(18-13)10-20-3/h8,11H,4-7,9-10H2,1-3H3,(H2,15,16,17,18). The number of methoxy groups -OCH3 is 1. The van der Waals surface area contributed by atoms with Crippen molar-refractivity contribution in [3.05, 3.63) is 11.9 Å². The Kier molecular flexibility index (Phi) is 6.16. The largest absolute Gasteiger partial charge is 0.379 e. The van der Waals surface area contributed by atoms with Gasteiger partial charge in [0.25, 0.3) is 0 Å². The van der Waals surface area contributed by atoms with Gasteiger partial charge in [0.2, 0.25) is 0 Å². The van der Waals surface area contributed by atoms with Gasteiger partial charge in [-0.15, -0.1) is 0 Å². The van der Waals surface area contributed by atoms with Crippen LogP contribution in [0.2, 0.25) is 0 Å². The number of aromatic nitrogens is 2. The van der Waals surface area contributed by atoms with Crippen molar-refractivity contribution in [2.75, 3.05) is 57.6 Å². The molecule has 2 rings (SSSR count). The van der Waals surface area contributed by atoms with Gasteiger partial charge in [-0.3, -0.25) is 4.90 Å². The number of morpholine rings is 1. The molecular formula is C14H25N5O2. The van der Waals surface area contributed by atoms with Gasteiger partial charge in [0, 0.05) is 45.9 Å². The van der Waals surface area contributed by atoms with Crippen molar-refractivity contribution in [2.24, 2.45) is 0 Å². The van der Waals surface area contributed by atoms with Crippen LogP contribution < -0.4 is 10.6 Å². The Hall–Kier alpha value is -1.44. The van der Waals surface area contributed by atoms with Crippen LogP contribution in [0.15, 0.2) is 6.07 Å². The molecule has 0 amide bonds. The fraction of sp³-hybridized carbons (Fsp3) is 0.714. The number of anilines is 2. The van der Waals surface area contributed by atoms with Gasteiger partial charge in [0.15, 0.2) is 5.82 Å². The Morgan fingerprint density at radius 3 is 2.71 bits per heavy atom. The van der Waals surface area contributed by atoms with E-state index in [4.69, 9.17) is 9.47 Å². The van der Waals surface area contributed by atoms with Crippen LogP contribution in [0.5, 0.6) is 0 Å². The summed E-state index contributed by atoms with van der Waals surface area (Å²) in [6.45, 7) is 7.17. The number of nitrogens with zero attached hydrogens (tertiary/aromatic N) is 3. The molecule has 1 aromatic rings. The highest BCUT2D eigenvalue weighted by Crippen LogP contribution is 2.13. The normalized spacial score (nSPS) is 17.5. The molecule has 0 spiro atoms. The predicted molar refractivity (Wildman–Crippen MR) is 82.6 cm³/mol. The zero-order chi connectivity index (χ0) is 15.1. The van der Waals surface area contributed by atoms with Gasteiger partial charge in [0.05, 0.1) is 13.2 Å². The van der Waals surface area contributed by atoms with Crippen LogP contribution in [0.25, 0.3) is 0 Å². The molecule has 1 aromatic heterocycles. The minimum absolute atomic E-state index is 0.304. The fourth-order valence-corrected chi connectivity index (χ4v) is 2.36. The van der Waals surface area contributed by atoms with Gasteiger partial charge in [-0.1, -0.05) is 0 Å². The molecule has 1 saturated heterocycles. The van der Waals surface area contributed by atoms with E-state index in [1.165, 1.54) is 0 Å². The number of rotatable bonds is 7. The second kappa shape index (κ2) is 8.11. The minimum Gasteiger partial charge on any atom is -0.379 e. The van der Waals surface area contributed by atoms with E-state index in [9.17, 15) is 0 Å². The smallest absolute Gasteiger partial charge is 0.158 e. The van der Waals surface area contributed by atoms with Gasteiger partial charge < -0.3 is 20.1 Å². The van der Waals surface area contributed by atoms with Crippen LogP contribution in [-0.4, -0.2) is 67.9 Å². The number of hydrogen-bond acceptors (Lipinski definition) is 7. The molecule has 1 aliphatic rings. The van der Waals surface area contributed by atoms with Crippen LogP contribution in [-0.2, 0) is 16.1 Å². The maximum Gasteiger partial charge on any atom is 0.158 e.